The summed E-state index contributed by atoms with van der Waals surface area (Å²) in [6.07, 6.45) is 0. The first-order valence-electron chi connectivity index (χ1n) is 7.94. The molecule has 0 unspecified atom stereocenters. The molecule has 0 spiro atoms. The molecule has 27 heavy (non-hydrogen) atoms. The second-order valence-corrected chi connectivity index (χ2v) is 6.53. The normalized spacial score (nSPS) is 10.6. The van der Waals surface area contributed by atoms with Gasteiger partial charge in [0, 0.05) is 33.6 Å². The fraction of sp³-hybridized carbons (Fsp3) is 0.105. The van der Waals surface area contributed by atoms with Gasteiger partial charge in [0.15, 0.2) is 6.61 Å². The number of esters is 1. The fourth-order valence-corrected chi connectivity index (χ4v) is 2.97. The topological polar surface area (TPSA) is 88.3 Å². The number of rotatable bonds is 5. The third kappa shape index (κ3) is 4.67. The van der Waals surface area contributed by atoms with Crippen molar-refractivity contribution in [3.05, 3.63) is 80.1 Å². The van der Waals surface area contributed by atoms with Gasteiger partial charge in [0.2, 0.25) is 5.56 Å². The molecule has 0 fully saturated rings. The molecule has 3 rings (SSSR count). The minimum absolute atomic E-state index is 0.0999. The zero-order valence-electron chi connectivity index (χ0n) is 13.9. The van der Waals surface area contributed by atoms with Crippen molar-refractivity contribution in [3.8, 4) is 0 Å². The summed E-state index contributed by atoms with van der Waals surface area (Å²) in [4.78, 5) is 38.6. The minimum Gasteiger partial charge on any atom is -0.452 e. The lowest BCUT2D eigenvalue weighted by atomic mass is 10.1. The number of ether oxygens (including phenoxy) is 1. The maximum absolute atomic E-state index is 12.3. The average Bonchev–Trinajstić information content (AvgIpc) is 2.64. The number of fused-ring (bicyclic) bond motifs is 1. The Morgan fingerprint density at radius 1 is 1.07 bits per heavy atom. The van der Waals surface area contributed by atoms with E-state index in [9.17, 15) is 14.4 Å². The van der Waals surface area contributed by atoms with Crippen molar-refractivity contribution in [2.75, 3.05) is 6.61 Å². The van der Waals surface area contributed by atoms with Crippen LogP contribution in [0, 0.1) is 0 Å². The number of amides is 1. The summed E-state index contributed by atoms with van der Waals surface area (Å²) >= 11 is 11.9. The molecule has 0 radical (unpaired) electrons. The number of hydrogen-bond donors (Lipinski definition) is 2. The number of hydrogen-bond acceptors (Lipinski definition) is 4. The quantitative estimate of drug-likeness (QED) is 0.638. The van der Waals surface area contributed by atoms with Crippen molar-refractivity contribution in [1.82, 2.24) is 10.3 Å². The van der Waals surface area contributed by atoms with Crippen LogP contribution in [0.25, 0.3) is 10.9 Å². The van der Waals surface area contributed by atoms with Crippen LogP contribution < -0.4 is 10.9 Å². The number of H-pyrrole nitrogens is 1. The molecule has 0 saturated heterocycles. The van der Waals surface area contributed by atoms with Crippen LogP contribution in [0.1, 0.15) is 15.9 Å². The van der Waals surface area contributed by atoms with Crippen molar-refractivity contribution < 1.29 is 14.3 Å². The van der Waals surface area contributed by atoms with E-state index in [2.05, 4.69) is 10.3 Å². The molecule has 0 saturated carbocycles. The van der Waals surface area contributed by atoms with Crippen LogP contribution in [0.15, 0.2) is 53.3 Å². The maximum atomic E-state index is 12.3. The summed E-state index contributed by atoms with van der Waals surface area (Å²) in [5, 5.41) is 4.06. The standard InChI is InChI=1S/C19H14Cl2N2O4/c20-12-6-5-11(15(21)7-12)9-22-18(25)10-27-19(26)14-8-17(24)23-16-4-2-1-3-13(14)16/h1-8H,9-10H2,(H,22,25)(H,23,24). The van der Waals surface area contributed by atoms with Gasteiger partial charge < -0.3 is 15.0 Å². The number of pyridine rings is 1. The van der Waals surface area contributed by atoms with Crippen LogP contribution in [0.5, 0.6) is 0 Å². The monoisotopic (exact) mass is 404 g/mol. The molecule has 0 atom stereocenters. The summed E-state index contributed by atoms with van der Waals surface area (Å²) in [7, 11) is 0. The molecule has 0 aliphatic carbocycles. The van der Waals surface area contributed by atoms with Gasteiger partial charge in [-0.1, -0.05) is 47.5 Å². The molecule has 1 aromatic heterocycles. The highest BCUT2D eigenvalue weighted by atomic mass is 35.5. The first-order chi connectivity index (χ1) is 12.9. The van der Waals surface area contributed by atoms with E-state index in [0.717, 1.165) is 6.07 Å². The predicted octanol–water partition coefficient (Wildman–Crippen LogP) is 3.31. The molecule has 0 aliphatic rings. The van der Waals surface area contributed by atoms with Crippen molar-refractivity contribution in [3.63, 3.8) is 0 Å². The number of benzene rings is 2. The zero-order chi connectivity index (χ0) is 19.4. The number of carbonyl (C=O) groups excluding carboxylic acids is 2. The highest BCUT2D eigenvalue weighted by Crippen LogP contribution is 2.20. The summed E-state index contributed by atoms with van der Waals surface area (Å²) in [6.45, 7) is -0.314. The molecule has 2 aromatic carbocycles. The molecular formula is C19H14Cl2N2O4. The minimum atomic E-state index is -0.753. The average molecular weight is 405 g/mol. The molecule has 2 N–H and O–H groups in total. The largest absolute Gasteiger partial charge is 0.452 e. The molecular weight excluding hydrogens is 391 g/mol. The lowest BCUT2D eigenvalue weighted by molar-refractivity contribution is -0.124. The van der Waals surface area contributed by atoms with E-state index >= 15 is 0 Å². The van der Waals surface area contributed by atoms with Gasteiger partial charge in [-0.3, -0.25) is 9.59 Å². The highest BCUT2D eigenvalue weighted by Gasteiger charge is 2.15. The van der Waals surface area contributed by atoms with Gasteiger partial charge in [0.1, 0.15) is 0 Å². The van der Waals surface area contributed by atoms with Gasteiger partial charge in [0.05, 0.1) is 5.56 Å². The zero-order valence-corrected chi connectivity index (χ0v) is 15.4. The van der Waals surface area contributed by atoms with Gasteiger partial charge in [-0.15, -0.1) is 0 Å². The Morgan fingerprint density at radius 2 is 1.85 bits per heavy atom. The van der Waals surface area contributed by atoms with E-state index in [1.54, 1.807) is 42.5 Å². The van der Waals surface area contributed by atoms with E-state index < -0.39 is 24.0 Å². The smallest absolute Gasteiger partial charge is 0.339 e. The van der Waals surface area contributed by atoms with E-state index in [1.807, 2.05) is 0 Å². The maximum Gasteiger partial charge on any atom is 0.339 e. The van der Waals surface area contributed by atoms with Gasteiger partial charge in [-0.2, -0.15) is 0 Å². The lowest BCUT2D eigenvalue weighted by Gasteiger charge is -2.09. The van der Waals surface area contributed by atoms with Crippen molar-refractivity contribution in [1.29, 1.82) is 0 Å². The number of aromatic nitrogens is 1. The number of aromatic amines is 1. The van der Waals surface area contributed by atoms with Crippen LogP contribution in [-0.4, -0.2) is 23.5 Å². The SMILES string of the molecule is O=C(COC(=O)c1cc(=O)[nH]c2ccccc12)NCc1ccc(Cl)cc1Cl. The van der Waals surface area contributed by atoms with E-state index in [0.29, 0.717) is 26.5 Å². The summed E-state index contributed by atoms with van der Waals surface area (Å²) in [5.74, 6) is -1.25. The Hall–Kier alpha value is -2.83. The van der Waals surface area contributed by atoms with Crippen molar-refractivity contribution in [2.24, 2.45) is 0 Å². The van der Waals surface area contributed by atoms with Crippen LogP contribution in [0.3, 0.4) is 0 Å². The van der Waals surface area contributed by atoms with E-state index in [1.165, 1.54) is 0 Å². The van der Waals surface area contributed by atoms with Gasteiger partial charge in [-0.05, 0) is 23.8 Å². The molecule has 3 aromatic rings. The number of halogens is 2. The van der Waals surface area contributed by atoms with E-state index in [-0.39, 0.29) is 12.1 Å². The number of para-hydroxylation sites is 1. The first kappa shape index (κ1) is 18.9. The Bertz CT molecular complexity index is 1080. The van der Waals surface area contributed by atoms with Crippen LogP contribution >= 0.6 is 23.2 Å². The number of carbonyl (C=O) groups is 2. The predicted molar refractivity (Wildman–Crippen MR) is 103 cm³/mol. The second-order valence-electron chi connectivity index (χ2n) is 5.68. The Labute approximate surface area is 164 Å². The van der Waals surface area contributed by atoms with Gasteiger partial charge in [-0.25, -0.2) is 4.79 Å². The lowest BCUT2D eigenvalue weighted by Crippen LogP contribution is -2.28. The van der Waals surface area contributed by atoms with Crippen LogP contribution in [0.2, 0.25) is 10.0 Å². The molecule has 0 bridgehead atoms. The Kier molecular flexibility index (Phi) is 5.78. The second kappa shape index (κ2) is 8.24. The highest BCUT2D eigenvalue weighted by molar-refractivity contribution is 6.35. The van der Waals surface area contributed by atoms with E-state index in [4.69, 9.17) is 27.9 Å². The molecule has 8 heteroatoms. The third-order valence-corrected chi connectivity index (χ3v) is 4.38. The van der Waals surface area contributed by atoms with Crippen LogP contribution in [-0.2, 0) is 16.1 Å². The molecule has 1 heterocycles. The molecule has 6 nitrogen and oxygen atoms in total. The Balaban J connectivity index is 1.62. The third-order valence-electron chi connectivity index (χ3n) is 3.80. The first-order valence-corrected chi connectivity index (χ1v) is 8.69. The summed E-state index contributed by atoms with van der Waals surface area (Å²) in [5.41, 5.74) is 0.866. The van der Waals surface area contributed by atoms with Crippen LogP contribution in [0.4, 0.5) is 0 Å². The van der Waals surface area contributed by atoms with Gasteiger partial charge in [0.25, 0.3) is 5.91 Å². The summed E-state index contributed by atoms with van der Waals surface area (Å²) < 4.78 is 5.03. The van der Waals surface area contributed by atoms with Crippen molar-refractivity contribution >= 4 is 46.0 Å². The molecule has 138 valence electrons. The van der Waals surface area contributed by atoms with Gasteiger partial charge >= 0.3 is 5.97 Å². The van der Waals surface area contributed by atoms with Crippen molar-refractivity contribution in [2.45, 2.75) is 6.54 Å². The number of nitrogens with one attached hydrogen (secondary N) is 2. The fourth-order valence-electron chi connectivity index (χ4n) is 2.49. The molecule has 1 amide bonds. The summed E-state index contributed by atoms with van der Waals surface area (Å²) in [6, 6.07) is 12.9. The Morgan fingerprint density at radius 3 is 2.63 bits per heavy atom. The molecule has 0 aliphatic heterocycles.